The number of para-hydroxylation sites is 1. The van der Waals surface area contributed by atoms with Gasteiger partial charge in [-0.25, -0.2) is 38.3 Å². The predicted molar refractivity (Wildman–Crippen MR) is 132 cm³/mol. The van der Waals surface area contributed by atoms with Crippen LogP contribution in [-0.4, -0.2) is 64.2 Å². The molecule has 5 rings (SSSR count). The Morgan fingerprint density at radius 1 is 0.811 bits per heavy atom. The third-order valence-corrected chi connectivity index (χ3v) is 6.81. The molecule has 12 nitrogen and oxygen atoms in total. The molecule has 0 saturated carbocycles. The third kappa shape index (κ3) is 4.51. The van der Waals surface area contributed by atoms with Crippen LogP contribution in [0.5, 0.6) is 17.4 Å². The number of pyridine rings is 1. The number of ether oxygens (including phenoxy) is 3. The van der Waals surface area contributed by atoms with Crippen molar-refractivity contribution in [3.05, 3.63) is 66.7 Å². The number of aromatic nitrogens is 7. The van der Waals surface area contributed by atoms with Gasteiger partial charge in [0.05, 0.1) is 33.2 Å². The van der Waals surface area contributed by atoms with Crippen LogP contribution in [0, 0.1) is 0 Å². The Hall–Kier alpha value is -4.65. The van der Waals surface area contributed by atoms with E-state index in [1.807, 2.05) is 0 Å². The molecule has 0 unspecified atom stereocenters. The average Bonchev–Trinajstić information content (AvgIpc) is 3.31. The van der Waals surface area contributed by atoms with Crippen molar-refractivity contribution in [2.45, 2.75) is 10.9 Å². The first-order valence-electron chi connectivity index (χ1n) is 10.9. The van der Waals surface area contributed by atoms with Crippen LogP contribution in [0.4, 0.5) is 0 Å². The second kappa shape index (κ2) is 9.78. The van der Waals surface area contributed by atoms with E-state index in [2.05, 4.69) is 29.9 Å². The summed E-state index contributed by atoms with van der Waals surface area (Å²) < 4.78 is 44.1. The van der Waals surface area contributed by atoms with Crippen LogP contribution < -0.4 is 14.2 Å². The average molecular weight is 520 g/mol. The molecule has 188 valence electrons. The zero-order valence-corrected chi connectivity index (χ0v) is 20.9. The fourth-order valence-corrected chi connectivity index (χ4v) is 4.85. The maximum absolute atomic E-state index is 12.9. The SMILES string of the molecule is COc1cccc(-c2nc3ncc(CS(=O)(=O)c4ncccn4)nc3n2-c2c(OC)cccc2OC)n1. The summed E-state index contributed by atoms with van der Waals surface area (Å²) in [7, 11) is 0.711. The quantitative estimate of drug-likeness (QED) is 0.279. The van der Waals surface area contributed by atoms with Gasteiger partial charge in [-0.1, -0.05) is 12.1 Å². The van der Waals surface area contributed by atoms with Crippen LogP contribution in [0.1, 0.15) is 5.69 Å². The summed E-state index contributed by atoms with van der Waals surface area (Å²) in [5.74, 6) is 1.25. The highest BCUT2D eigenvalue weighted by molar-refractivity contribution is 7.90. The van der Waals surface area contributed by atoms with Crippen molar-refractivity contribution in [2.24, 2.45) is 0 Å². The number of benzene rings is 1. The maximum atomic E-state index is 12.9. The van der Waals surface area contributed by atoms with Crippen molar-refractivity contribution in [3.63, 3.8) is 0 Å². The molecule has 0 aliphatic rings. The van der Waals surface area contributed by atoms with Crippen molar-refractivity contribution < 1.29 is 22.6 Å². The molecule has 0 bridgehead atoms. The highest BCUT2D eigenvalue weighted by atomic mass is 32.2. The summed E-state index contributed by atoms with van der Waals surface area (Å²) in [6.45, 7) is 0. The van der Waals surface area contributed by atoms with Crippen molar-refractivity contribution in [1.29, 1.82) is 0 Å². The van der Waals surface area contributed by atoms with Crippen LogP contribution in [-0.2, 0) is 15.6 Å². The lowest BCUT2D eigenvalue weighted by molar-refractivity contribution is 0.391. The number of methoxy groups -OCH3 is 3. The Morgan fingerprint density at radius 3 is 2.19 bits per heavy atom. The molecule has 0 spiro atoms. The van der Waals surface area contributed by atoms with E-state index >= 15 is 0 Å². The first-order chi connectivity index (χ1) is 17.9. The van der Waals surface area contributed by atoms with Crippen LogP contribution in [0.2, 0.25) is 0 Å². The molecule has 5 aromatic rings. The van der Waals surface area contributed by atoms with Gasteiger partial charge in [0.15, 0.2) is 17.1 Å². The van der Waals surface area contributed by atoms with Crippen molar-refractivity contribution in [1.82, 2.24) is 34.5 Å². The van der Waals surface area contributed by atoms with Gasteiger partial charge in [0.25, 0.3) is 0 Å². The van der Waals surface area contributed by atoms with E-state index in [9.17, 15) is 8.42 Å². The molecule has 4 aromatic heterocycles. The van der Waals surface area contributed by atoms with Crippen LogP contribution in [0.3, 0.4) is 0 Å². The van der Waals surface area contributed by atoms with E-state index in [4.69, 9.17) is 14.2 Å². The van der Waals surface area contributed by atoms with Gasteiger partial charge in [0.2, 0.25) is 20.9 Å². The molecule has 0 aliphatic carbocycles. The molecular weight excluding hydrogens is 498 g/mol. The molecule has 0 amide bonds. The summed E-state index contributed by atoms with van der Waals surface area (Å²) >= 11 is 0. The second-order valence-corrected chi connectivity index (χ2v) is 9.53. The van der Waals surface area contributed by atoms with E-state index in [0.29, 0.717) is 34.6 Å². The zero-order valence-electron chi connectivity index (χ0n) is 20.1. The van der Waals surface area contributed by atoms with Crippen LogP contribution >= 0.6 is 0 Å². The monoisotopic (exact) mass is 519 g/mol. The molecule has 1 aromatic carbocycles. The number of imidazole rings is 1. The van der Waals surface area contributed by atoms with Gasteiger partial charge in [0, 0.05) is 18.5 Å². The Labute approximate surface area is 211 Å². The number of nitrogens with zero attached hydrogens (tertiary/aromatic N) is 7. The predicted octanol–water partition coefficient (Wildman–Crippen LogP) is 2.67. The maximum Gasteiger partial charge on any atom is 0.247 e. The van der Waals surface area contributed by atoms with Gasteiger partial charge in [0.1, 0.15) is 28.6 Å². The molecule has 0 saturated heterocycles. The molecule has 37 heavy (non-hydrogen) atoms. The highest BCUT2D eigenvalue weighted by Crippen LogP contribution is 2.37. The molecule has 0 fully saturated rings. The smallest absolute Gasteiger partial charge is 0.247 e. The first kappa shape index (κ1) is 24.1. The van der Waals surface area contributed by atoms with E-state index in [0.717, 1.165) is 0 Å². The molecule has 0 radical (unpaired) electrons. The third-order valence-electron chi connectivity index (χ3n) is 5.37. The van der Waals surface area contributed by atoms with Crippen molar-refractivity contribution >= 4 is 21.1 Å². The van der Waals surface area contributed by atoms with Gasteiger partial charge in [-0.05, 0) is 24.3 Å². The van der Waals surface area contributed by atoms with Gasteiger partial charge < -0.3 is 14.2 Å². The minimum atomic E-state index is -3.87. The number of hydrogen-bond donors (Lipinski definition) is 0. The largest absolute Gasteiger partial charge is 0.494 e. The fourth-order valence-electron chi connectivity index (χ4n) is 3.75. The van der Waals surface area contributed by atoms with E-state index in [1.165, 1.54) is 46.0 Å². The number of rotatable bonds is 8. The van der Waals surface area contributed by atoms with Gasteiger partial charge in [-0.3, -0.25) is 4.57 Å². The van der Waals surface area contributed by atoms with E-state index in [-0.39, 0.29) is 22.1 Å². The molecule has 0 atom stereocenters. The highest BCUT2D eigenvalue weighted by Gasteiger charge is 2.25. The minimum Gasteiger partial charge on any atom is -0.494 e. The number of fused-ring (bicyclic) bond motifs is 1. The lowest BCUT2D eigenvalue weighted by Gasteiger charge is -2.16. The Morgan fingerprint density at radius 2 is 1.51 bits per heavy atom. The van der Waals surface area contributed by atoms with E-state index < -0.39 is 15.6 Å². The zero-order chi connectivity index (χ0) is 26.0. The Bertz CT molecular complexity index is 1670. The Kier molecular flexibility index (Phi) is 6.36. The Balaban J connectivity index is 1.76. The van der Waals surface area contributed by atoms with Gasteiger partial charge >= 0.3 is 0 Å². The lowest BCUT2D eigenvalue weighted by atomic mass is 10.2. The summed E-state index contributed by atoms with van der Waals surface area (Å²) in [4.78, 5) is 26.0. The number of hydrogen-bond acceptors (Lipinski definition) is 11. The lowest BCUT2D eigenvalue weighted by Crippen LogP contribution is -2.11. The first-order valence-corrected chi connectivity index (χ1v) is 12.6. The molecule has 0 N–H and O–H groups in total. The minimum absolute atomic E-state index is 0.181. The van der Waals surface area contributed by atoms with Crippen molar-refractivity contribution in [3.8, 4) is 34.6 Å². The summed E-state index contributed by atoms with van der Waals surface area (Å²) in [5.41, 5.74) is 1.70. The summed E-state index contributed by atoms with van der Waals surface area (Å²) in [6.07, 6.45) is 4.10. The van der Waals surface area contributed by atoms with Crippen molar-refractivity contribution in [2.75, 3.05) is 21.3 Å². The number of sulfone groups is 1. The molecule has 4 heterocycles. The standard InChI is InChI=1S/C24H21N7O5S/c1-34-17-8-5-9-18(35-2)20(17)31-22(16-7-4-10-19(29-16)36-3)30-21-23(31)28-15(13-27-21)14-37(32,33)24-25-11-6-12-26-24/h4-13H,14H2,1-3H3. The fraction of sp³-hybridized carbons (Fsp3) is 0.167. The molecule has 13 heteroatoms. The molecular formula is C24H21N7O5S. The van der Waals surface area contributed by atoms with Crippen LogP contribution in [0.15, 0.2) is 66.2 Å². The summed E-state index contributed by atoms with van der Waals surface area (Å²) in [6, 6.07) is 12.1. The summed E-state index contributed by atoms with van der Waals surface area (Å²) in [5, 5.41) is -0.293. The van der Waals surface area contributed by atoms with Gasteiger partial charge in [-0.15, -0.1) is 0 Å². The van der Waals surface area contributed by atoms with Gasteiger partial charge in [-0.2, -0.15) is 0 Å². The second-order valence-electron chi connectivity index (χ2n) is 7.65. The normalized spacial score (nSPS) is 11.4. The van der Waals surface area contributed by atoms with Crippen LogP contribution in [0.25, 0.3) is 28.5 Å². The van der Waals surface area contributed by atoms with E-state index in [1.54, 1.807) is 41.0 Å². The molecule has 0 aliphatic heterocycles. The topological polar surface area (TPSA) is 144 Å².